The Morgan fingerprint density at radius 1 is 1.08 bits per heavy atom. The smallest absolute Gasteiger partial charge is 0.261 e. The first-order chi connectivity index (χ1) is 11.3. The highest BCUT2D eigenvalue weighted by Gasteiger charge is 2.23. The van der Waals surface area contributed by atoms with Gasteiger partial charge in [-0.1, -0.05) is 6.08 Å². The summed E-state index contributed by atoms with van der Waals surface area (Å²) < 4.78 is 38.6. The number of hydrogen-bond donors (Lipinski definition) is 1. The van der Waals surface area contributed by atoms with Gasteiger partial charge in [-0.25, -0.2) is 8.42 Å². The summed E-state index contributed by atoms with van der Waals surface area (Å²) in [5.41, 5.74) is 0.822. The van der Waals surface area contributed by atoms with Crippen molar-refractivity contribution in [1.29, 1.82) is 0 Å². The van der Waals surface area contributed by atoms with E-state index in [4.69, 9.17) is 9.47 Å². The van der Waals surface area contributed by atoms with E-state index in [0.717, 1.165) is 5.56 Å². The van der Waals surface area contributed by atoms with E-state index in [1.165, 1.54) is 0 Å². The molecular weight excluding hydrogens is 326 g/mol. The van der Waals surface area contributed by atoms with Gasteiger partial charge in [-0.05, 0) is 62.4 Å². The fourth-order valence-corrected chi connectivity index (χ4v) is 3.49. The predicted molar refractivity (Wildman–Crippen MR) is 94.0 cm³/mol. The first kappa shape index (κ1) is 16.4. The first-order valence-electron chi connectivity index (χ1n) is 7.48. The molecule has 2 aromatic rings. The fraction of sp³-hybridized carbons (Fsp3) is 0.222. The minimum atomic E-state index is -3.68. The Hall–Kier alpha value is -2.47. The second kappa shape index (κ2) is 5.87. The van der Waals surface area contributed by atoms with Gasteiger partial charge in [0.1, 0.15) is 17.1 Å². The summed E-state index contributed by atoms with van der Waals surface area (Å²) in [5.74, 6) is 1.34. The molecule has 2 aromatic carbocycles. The van der Waals surface area contributed by atoms with E-state index in [1.54, 1.807) is 49.6 Å². The zero-order valence-corrected chi connectivity index (χ0v) is 14.6. The summed E-state index contributed by atoms with van der Waals surface area (Å²) in [7, 11) is -2.12. The average Bonchev–Trinajstić information content (AvgIpc) is 2.54. The lowest BCUT2D eigenvalue weighted by molar-refractivity contribution is 0.159. The monoisotopic (exact) mass is 345 g/mol. The first-order valence-corrected chi connectivity index (χ1v) is 8.97. The Morgan fingerprint density at radius 3 is 2.46 bits per heavy atom. The number of hydrogen-bond acceptors (Lipinski definition) is 4. The molecule has 1 heterocycles. The van der Waals surface area contributed by atoms with E-state index in [2.05, 4.69) is 4.72 Å². The molecule has 1 aliphatic heterocycles. The normalized spacial score (nSPS) is 15.3. The fourth-order valence-electron chi connectivity index (χ4n) is 2.40. The van der Waals surface area contributed by atoms with Gasteiger partial charge in [-0.3, -0.25) is 4.72 Å². The van der Waals surface area contributed by atoms with Gasteiger partial charge in [0.25, 0.3) is 10.0 Å². The lowest BCUT2D eigenvalue weighted by Crippen LogP contribution is -2.27. The summed E-state index contributed by atoms with van der Waals surface area (Å²) in [6, 6.07) is 11.5. The van der Waals surface area contributed by atoms with Gasteiger partial charge in [-0.2, -0.15) is 0 Å². The van der Waals surface area contributed by atoms with E-state index in [-0.39, 0.29) is 4.90 Å². The third kappa shape index (κ3) is 3.38. The van der Waals surface area contributed by atoms with Crippen LogP contribution in [0.2, 0.25) is 0 Å². The predicted octanol–water partition coefficient (Wildman–Crippen LogP) is 3.68. The number of ether oxygens (including phenoxy) is 2. The Kier molecular flexibility index (Phi) is 4.01. The second-order valence-electron chi connectivity index (χ2n) is 6.07. The maximum atomic E-state index is 12.6. The molecule has 24 heavy (non-hydrogen) atoms. The number of fused-ring (bicyclic) bond motifs is 1. The summed E-state index contributed by atoms with van der Waals surface area (Å²) in [5, 5.41) is 0. The van der Waals surface area contributed by atoms with Gasteiger partial charge < -0.3 is 9.47 Å². The second-order valence-corrected chi connectivity index (χ2v) is 7.75. The summed E-state index contributed by atoms with van der Waals surface area (Å²) in [6.07, 6.45) is 3.79. The van der Waals surface area contributed by atoms with Crippen LogP contribution in [0, 0.1) is 0 Å². The van der Waals surface area contributed by atoms with Crippen molar-refractivity contribution in [3.63, 3.8) is 0 Å². The molecule has 0 amide bonds. The van der Waals surface area contributed by atoms with Crippen LogP contribution in [0.3, 0.4) is 0 Å². The summed E-state index contributed by atoms with van der Waals surface area (Å²) in [6.45, 7) is 3.89. The van der Waals surface area contributed by atoms with Crippen molar-refractivity contribution < 1.29 is 17.9 Å². The van der Waals surface area contributed by atoms with Crippen molar-refractivity contribution in [2.24, 2.45) is 0 Å². The van der Waals surface area contributed by atoms with Crippen LogP contribution in [-0.2, 0) is 10.0 Å². The molecule has 0 fully saturated rings. The zero-order chi connectivity index (χ0) is 17.4. The molecule has 0 spiro atoms. The molecular formula is C18H19NO4S. The Labute approximate surface area is 142 Å². The third-order valence-electron chi connectivity index (χ3n) is 3.67. The van der Waals surface area contributed by atoms with Gasteiger partial charge in [0.2, 0.25) is 0 Å². The standard InChI is InChI=1S/C18H19NO4S/c1-18(2)11-10-13-12-16(8-9-17(13)23-18)24(20,21)19-14-4-6-15(22-3)7-5-14/h4-12,19H,1-3H3. The van der Waals surface area contributed by atoms with Gasteiger partial charge in [-0.15, -0.1) is 0 Å². The van der Waals surface area contributed by atoms with Gasteiger partial charge in [0.15, 0.2) is 0 Å². The molecule has 5 nitrogen and oxygen atoms in total. The SMILES string of the molecule is COc1ccc(NS(=O)(=O)c2ccc3c(c2)C=CC(C)(C)O3)cc1. The van der Waals surface area contributed by atoms with Crippen LogP contribution in [0.15, 0.2) is 53.4 Å². The molecule has 1 aliphatic rings. The largest absolute Gasteiger partial charge is 0.497 e. The number of rotatable bonds is 4. The van der Waals surface area contributed by atoms with E-state index in [0.29, 0.717) is 17.2 Å². The zero-order valence-electron chi connectivity index (χ0n) is 13.7. The molecule has 0 saturated carbocycles. The van der Waals surface area contributed by atoms with Crippen LogP contribution in [0.4, 0.5) is 5.69 Å². The van der Waals surface area contributed by atoms with E-state index in [9.17, 15) is 8.42 Å². The highest BCUT2D eigenvalue weighted by Crippen LogP contribution is 2.32. The van der Waals surface area contributed by atoms with Gasteiger partial charge >= 0.3 is 0 Å². The Morgan fingerprint density at radius 2 is 1.79 bits per heavy atom. The van der Waals surface area contributed by atoms with Crippen molar-refractivity contribution >= 4 is 21.8 Å². The molecule has 0 radical (unpaired) electrons. The molecule has 1 N–H and O–H groups in total. The average molecular weight is 345 g/mol. The molecule has 0 atom stereocenters. The molecule has 6 heteroatoms. The number of sulfonamides is 1. The van der Waals surface area contributed by atoms with Crippen LogP contribution in [0.5, 0.6) is 11.5 Å². The maximum absolute atomic E-state index is 12.6. The van der Waals surface area contributed by atoms with Gasteiger partial charge in [0.05, 0.1) is 12.0 Å². The van der Waals surface area contributed by atoms with Crippen LogP contribution in [0.25, 0.3) is 6.08 Å². The number of nitrogens with one attached hydrogen (secondary N) is 1. The van der Waals surface area contributed by atoms with Crippen molar-refractivity contribution in [3.8, 4) is 11.5 Å². The molecule has 0 saturated heterocycles. The topological polar surface area (TPSA) is 64.6 Å². The minimum Gasteiger partial charge on any atom is -0.497 e. The number of benzene rings is 2. The van der Waals surface area contributed by atoms with Crippen molar-refractivity contribution in [2.45, 2.75) is 24.3 Å². The van der Waals surface area contributed by atoms with Crippen LogP contribution in [-0.4, -0.2) is 21.1 Å². The summed E-state index contributed by atoms with van der Waals surface area (Å²) >= 11 is 0. The number of anilines is 1. The highest BCUT2D eigenvalue weighted by atomic mass is 32.2. The van der Waals surface area contributed by atoms with Crippen molar-refractivity contribution in [1.82, 2.24) is 0 Å². The minimum absolute atomic E-state index is 0.185. The molecule has 0 aliphatic carbocycles. The quantitative estimate of drug-likeness (QED) is 0.918. The van der Waals surface area contributed by atoms with Gasteiger partial charge in [0, 0.05) is 11.3 Å². The third-order valence-corrected chi connectivity index (χ3v) is 5.05. The van der Waals surface area contributed by atoms with Crippen LogP contribution < -0.4 is 14.2 Å². The van der Waals surface area contributed by atoms with Crippen molar-refractivity contribution in [3.05, 3.63) is 54.1 Å². The molecule has 0 bridgehead atoms. The molecule has 0 aromatic heterocycles. The van der Waals surface area contributed by atoms with E-state index >= 15 is 0 Å². The maximum Gasteiger partial charge on any atom is 0.261 e. The lowest BCUT2D eigenvalue weighted by atomic mass is 10.0. The van der Waals surface area contributed by atoms with E-state index in [1.807, 2.05) is 26.0 Å². The lowest BCUT2D eigenvalue weighted by Gasteiger charge is -2.28. The van der Waals surface area contributed by atoms with Crippen LogP contribution >= 0.6 is 0 Å². The van der Waals surface area contributed by atoms with Crippen LogP contribution in [0.1, 0.15) is 19.4 Å². The van der Waals surface area contributed by atoms with E-state index < -0.39 is 15.6 Å². The number of methoxy groups -OCH3 is 1. The Bertz CT molecular complexity index is 884. The van der Waals surface area contributed by atoms with Crippen molar-refractivity contribution in [2.75, 3.05) is 11.8 Å². The molecule has 0 unspecified atom stereocenters. The summed E-state index contributed by atoms with van der Waals surface area (Å²) in [4.78, 5) is 0.185. The highest BCUT2D eigenvalue weighted by molar-refractivity contribution is 7.92. The molecule has 3 rings (SSSR count). The Balaban J connectivity index is 1.87. The molecule has 126 valence electrons.